The number of amides is 2. The molecule has 3 rings (SSSR count). The monoisotopic (exact) mass is 383 g/mol. The van der Waals surface area contributed by atoms with E-state index in [4.69, 9.17) is 5.84 Å². The predicted molar refractivity (Wildman–Crippen MR) is 105 cm³/mol. The molecular weight excluding hydrogens is 366 g/mol. The molecule has 0 aliphatic heterocycles. The van der Waals surface area contributed by atoms with E-state index >= 15 is 0 Å². The number of carbonyl (C=O) groups excluding carboxylic acids is 2. The second-order valence-corrected chi connectivity index (χ2v) is 6.52. The number of nitrogens with two attached hydrogens (primary N) is 1. The second kappa shape index (κ2) is 7.92. The Kier molecular flexibility index (Phi) is 5.41. The quantitative estimate of drug-likeness (QED) is 0.346. The lowest BCUT2D eigenvalue weighted by Gasteiger charge is -2.09. The number of anilines is 1. The minimum absolute atomic E-state index is 0.0270. The predicted octanol–water partition coefficient (Wildman–Crippen LogP) is 1.20. The molecule has 0 bridgehead atoms. The second-order valence-electron chi connectivity index (χ2n) is 5.58. The third kappa shape index (κ3) is 4.09. The SMILES string of the molecule is CNC(=O)c1ccc(NC(=O)CSc2nc3ccccc3c(=O)n2N)cc1. The van der Waals surface area contributed by atoms with E-state index in [2.05, 4.69) is 15.6 Å². The Balaban J connectivity index is 1.67. The Bertz CT molecular complexity index is 1060. The van der Waals surface area contributed by atoms with Gasteiger partial charge in [-0.25, -0.2) is 9.66 Å². The van der Waals surface area contributed by atoms with E-state index in [-0.39, 0.29) is 28.3 Å². The van der Waals surface area contributed by atoms with Crippen LogP contribution < -0.4 is 22.0 Å². The summed E-state index contributed by atoms with van der Waals surface area (Å²) in [6, 6.07) is 13.4. The van der Waals surface area contributed by atoms with E-state index < -0.39 is 0 Å². The summed E-state index contributed by atoms with van der Waals surface area (Å²) in [5, 5.41) is 5.92. The van der Waals surface area contributed by atoms with Crippen LogP contribution in [-0.2, 0) is 4.79 Å². The normalized spacial score (nSPS) is 10.6. The van der Waals surface area contributed by atoms with Gasteiger partial charge in [0.25, 0.3) is 11.5 Å². The fourth-order valence-corrected chi connectivity index (χ4v) is 3.12. The molecule has 0 saturated heterocycles. The average Bonchev–Trinajstić information content (AvgIpc) is 2.69. The van der Waals surface area contributed by atoms with Crippen molar-refractivity contribution < 1.29 is 9.59 Å². The van der Waals surface area contributed by atoms with Crippen molar-refractivity contribution >= 4 is 40.2 Å². The van der Waals surface area contributed by atoms with Crippen molar-refractivity contribution in [2.45, 2.75) is 5.16 Å². The van der Waals surface area contributed by atoms with E-state index in [1.54, 1.807) is 55.6 Å². The van der Waals surface area contributed by atoms with Gasteiger partial charge in [-0.2, -0.15) is 0 Å². The Morgan fingerprint density at radius 2 is 1.85 bits per heavy atom. The molecule has 0 unspecified atom stereocenters. The van der Waals surface area contributed by atoms with Gasteiger partial charge in [0.2, 0.25) is 5.91 Å². The maximum absolute atomic E-state index is 12.2. The van der Waals surface area contributed by atoms with Crippen LogP contribution in [-0.4, -0.2) is 34.3 Å². The summed E-state index contributed by atoms with van der Waals surface area (Å²) in [5.74, 6) is 5.34. The van der Waals surface area contributed by atoms with E-state index in [9.17, 15) is 14.4 Å². The number of rotatable bonds is 5. The molecule has 2 aromatic carbocycles. The smallest absolute Gasteiger partial charge is 0.280 e. The molecule has 27 heavy (non-hydrogen) atoms. The average molecular weight is 383 g/mol. The number of nitrogens with zero attached hydrogens (tertiary/aromatic N) is 2. The Labute approximate surface area is 158 Å². The van der Waals surface area contributed by atoms with Crippen LogP contribution in [0.15, 0.2) is 58.5 Å². The van der Waals surface area contributed by atoms with Gasteiger partial charge in [0, 0.05) is 18.3 Å². The lowest BCUT2D eigenvalue weighted by atomic mass is 10.2. The number of thioether (sulfide) groups is 1. The summed E-state index contributed by atoms with van der Waals surface area (Å²) in [4.78, 5) is 40.2. The zero-order valence-electron chi connectivity index (χ0n) is 14.4. The van der Waals surface area contributed by atoms with Gasteiger partial charge >= 0.3 is 0 Å². The Morgan fingerprint density at radius 3 is 2.56 bits per heavy atom. The number of carbonyl (C=O) groups is 2. The van der Waals surface area contributed by atoms with E-state index in [1.165, 1.54) is 0 Å². The van der Waals surface area contributed by atoms with Crippen molar-refractivity contribution in [1.29, 1.82) is 0 Å². The first-order chi connectivity index (χ1) is 13.0. The summed E-state index contributed by atoms with van der Waals surface area (Å²) in [7, 11) is 1.55. The highest BCUT2D eigenvalue weighted by molar-refractivity contribution is 7.99. The van der Waals surface area contributed by atoms with Gasteiger partial charge in [-0.3, -0.25) is 14.4 Å². The number of nitrogen functional groups attached to an aromatic ring is 1. The Hall–Kier alpha value is -3.33. The summed E-state index contributed by atoms with van der Waals surface area (Å²) in [5.41, 5.74) is 1.22. The third-order valence-electron chi connectivity index (χ3n) is 3.77. The highest BCUT2D eigenvalue weighted by Gasteiger charge is 2.12. The van der Waals surface area contributed by atoms with Crippen LogP contribution in [0, 0.1) is 0 Å². The van der Waals surface area contributed by atoms with Crippen molar-refractivity contribution in [3.05, 3.63) is 64.4 Å². The molecule has 1 heterocycles. The molecule has 0 spiro atoms. The van der Waals surface area contributed by atoms with E-state index in [0.29, 0.717) is 22.2 Å². The number of hydrogen-bond donors (Lipinski definition) is 3. The van der Waals surface area contributed by atoms with E-state index in [1.807, 2.05) is 0 Å². The molecule has 0 saturated carbocycles. The minimum Gasteiger partial charge on any atom is -0.355 e. The molecular formula is C18H17N5O3S. The number of fused-ring (bicyclic) bond motifs is 1. The van der Waals surface area contributed by atoms with Crippen molar-refractivity contribution in [2.24, 2.45) is 0 Å². The molecule has 3 aromatic rings. The maximum atomic E-state index is 12.2. The van der Waals surface area contributed by atoms with Gasteiger partial charge < -0.3 is 16.5 Å². The molecule has 0 fully saturated rings. The molecule has 0 atom stereocenters. The Morgan fingerprint density at radius 1 is 1.15 bits per heavy atom. The minimum atomic E-state index is -0.367. The third-order valence-corrected chi connectivity index (χ3v) is 4.72. The van der Waals surface area contributed by atoms with Gasteiger partial charge in [-0.05, 0) is 36.4 Å². The molecule has 9 heteroatoms. The van der Waals surface area contributed by atoms with Crippen molar-refractivity contribution in [1.82, 2.24) is 15.0 Å². The number of para-hydroxylation sites is 1. The fraction of sp³-hybridized carbons (Fsp3) is 0.111. The topological polar surface area (TPSA) is 119 Å². The van der Waals surface area contributed by atoms with Gasteiger partial charge in [-0.15, -0.1) is 0 Å². The molecule has 1 aromatic heterocycles. The van der Waals surface area contributed by atoms with Crippen LogP contribution in [0.3, 0.4) is 0 Å². The van der Waals surface area contributed by atoms with Crippen LogP contribution in [0.4, 0.5) is 5.69 Å². The highest BCUT2D eigenvalue weighted by Crippen LogP contribution is 2.17. The first kappa shape index (κ1) is 18.5. The summed E-state index contributed by atoms with van der Waals surface area (Å²) < 4.78 is 0.943. The molecule has 138 valence electrons. The summed E-state index contributed by atoms with van der Waals surface area (Å²) >= 11 is 1.07. The number of nitrogens with one attached hydrogen (secondary N) is 2. The van der Waals surface area contributed by atoms with Crippen LogP contribution in [0.5, 0.6) is 0 Å². The van der Waals surface area contributed by atoms with Crippen LogP contribution in [0.2, 0.25) is 0 Å². The van der Waals surface area contributed by atoms with Gasteiger partial charge in [0.1, 0.15) is 0 Å². The molecule has 2 amide bonds. The van der Waals surface area contributed by atoms with Gasteiger partial charge in [0.05, 0.1) is 16.7 Å². The molecule has 4 N–H and O–H groups in total. The van der Waals surface area contributed by atoms with Crippen LogP contribution >= 0.6 is 11.8 Å². The largest absolute Gasteiger partial charge is 0.355 e. The first-order valence-electron chi connectivity index (χ1n) is 8.01. The van der Waals surface area contributed by atoms with Crippen LogP contribution in [0.25, 0.3) is 10.9 Å². The van der Waals surface area contributed by atoms with Crippen molar-refractivity contribution in [3.8, 4) is 0 Å². The van der Waals surface area contributed by atoms with Crippen LogP contribution in [0.1, 0.15) is 10.4 Å². The maximum Gasteiger partial charge on any atom is 0.280 e. The van der Waals surface area contributed by atoms with Crippen molar-refractivity contribution in [3.63, 3.8) is 0 Å². The molecule has 0 aliphatic rings. The molecule has 0 radical (unpaired) electrons. The van der Waals surface area contributed by atoms with Gasteiger partial charge in [0.15, 0.2) is 5.16 Å². The summed E-state index contributed by atoms with van der Waals surface area (Å²) in [6.45, 7) is 0. The lowest BCUT2D eigenvalue weighted by molar-refractivity contribution is -0.113. The van der Waals surface area contributed by atoms with E-state index in [0.717, 1.165) is 16.4 Å². The summed E-state index contributed by atoms with van der Waals surface area (Å²) in [6.07, 6.45) is 0. The van der Waals surface area contributed by atoms with Crippen molar-refractivity contribution in [2.75, 3.05) is 24.0 Å². The standard InChI is InChI=1S/C18H17N5O3S/c1-20-16(25)11-6-8-12(9-7-11)21-15(24)10-27-18-22-14-5-3-2-4-13(14)17(26)23(18)19/h2-9H,10,19H2,1H3,(H,20,25)(H,21,24). The number of benzene rings is 2. The zero-order valence-corrected chi connectivity index (χ0v) is 15.2. The number of hydrogen-bond acceptors (Lipinski definition) is 6. The fourth-order valence-electron chi connectivity index (χ4n) is 2.40. The highest BCUT2D eigenvalue weighted by atomic mass is 32.2. The first-order valence-corrected chi connectivity index (χ1v) is 9.00. The van der Waals surface area contributed by atoms with Gasteiger partial charge in [-0.1, -0.05) is 23.9 Å². The molecule has 0 aliphatic carbocycles. The zero-order chi connectivity index (χ0) is 19.4. The number of aromatic nitrogens is 2. The molecule has 8 nitrogen and oxygen atoms in total. The lowest BCUT2D eigenvalue weighted by Crippen LogP contribution is -2.30.